The number of rotatable bonds is 4. The van der Waals surface area contributed by atoms with Crippen LogP contribution < -0.4 is 10.5 Å². The lowest BCUT2D eigenvalue weighted by molar-refractivity contribution is 0.242. The molecule has 0 fully saturated rings. The van der Waals surface area contributed by atoms with Crippen LogP contribution in [0.4, 0.5) is 5.82 Å². The van der Waals surface area contributed by atoms with Gasteiger partial charge in [-0.05, 0) is 37.1 Å². The summed E-state index contributed by atoms with van der Waals surface area (Å²) in [6.45, 7) is 3.97. The highest BCUT2D eigenvalue weighted by Crippen LogP contribution is 2.36. The number of ether oxygens (including phenoxy) is 1. The second-order valence-corrected chi connectivity index (χ2v) is 5.98. The fourth-order valence-electron chi connectivity index (χ4n) is 2.75. The molecule has 0 aliphatic rings. The Kier molecular flexibility index (Phi) is 4.67. The molecule has 0 spiro atoms. The molecule has 1 aromatic heterocycles. The van der Waals surface area contributed by atoms with Gasteiger partial charge in [-0.2, -0.15) is 5.26 Å². The Balaban J connectivity index is 2.17. The van der Waals surface area contributed by atoms with Crippen molar-refractivity contribution in [3.05, 3.63) is 66.4 Å². The van der Waals surface area contributed by atoms with Crippen LogP contribution >= 0.6 is 0 Å². The van der Waals surface area contributed by atoms with E-state index in [2.05, 4.69) is 11.1 Å². The molecular formula is C21H19N3O. The number of hydrogen-bond acceptors (Lipinski definition) is 4. The normalized spacial score (nSPS) is 10.5. The number of nitrogens with zero attached hydrogens (tertiary/aromatic N) is 2. The smallest absolute Gasteiger partial charge is 0.141 e. The van der Waals surface area contributed by atoms with Crippen LogP contribution in [0.2, 0.25) is 0 Å². The molecule has 3 rings (SSSR count). The van der Waals surface area contributed by atoms with E-state index in [1.54, 1.807) is 6.20 Å². The number of nitrogens with two attached hydrogens (primary N) is 1. The summed E-state index contributed by atoms with van der Waals surface area (Å²) in [5.41, 5.74) is 9.90. The molecule has 0 amide bonds. The van der Waals surface area contributed by atoms with Gasteiger partial charge in [0.15, 0.2) is 0 Å². The highest BCUT2D eigenvalue weighted by Gasteiger charge is 2.16. The first-order valence-electron chi connectivity index (χ1n) is 8.11. The minimum atomic E-state index is 0.108. The largest absolute Gasteiger partial charge is 0.491 e. The van der Waals surface area contributed by atoms with E-state index in [4.69, 9.17) is 10.5 Å². The molecule has 0 saturated carbocycles. The molecule has 3 aromatic rings. The molecule has 0 aliphatic heterocycles. The number of pyridine rings is 1. The summed E-state index contributed by atoms with van der Waals surface area (Å²) in [6.07, 6.45) is 1.83. The molecule has 0 radical (unpaired) electrons. The molecule has 0 saturated heterocycles. The molecule has 25 heavy (non-hydrogen) atoms. The van der Waals surface area contributed by atoms with Crippen LogP contribution in [0.1, 0.15) is 19.4 Å². The number of benzene rings is 2. The standard InChI is InChI=1S/C21H19N3O/c1-14(2)25-17-10-8-16(9-11-17)20-18(12-22)21(23)24-13-19(20)15-6-4-3-5-7-15/h3-11,13-14H,1-2H3,(H2,23,24). The quantitative estimate of drug-likeness (QED) is 0.756. The van der Waals surface area contributed by atoms with Crippen molar-refractivity contribution in [3.63, 3.8) is 0 Å². The van der Waals surface area contributed by atoms with Crippen molar-refractivity contribution >= 4 is 5.82 Å². The molecule has 4 heteroatoms. The molecule has 4 nitrogen and oxygen atoms in total. The molecule has 124 valence electrons. The van der Waals surface area contributed by atoms with Crippen molar-refractivity contribution in [1.29, 1.82) is 5.26 Å². The highest BCUT2D eigenvalue weighted by molar-refractivity contribution is 5.89. The molecule has 0 bridgehead atoms. The van der Waals surface area contributed by atoms with Crippen LogP contribution in [0.5, 0.6) is 5.75 Å². The van der Waals surface area contributed by atoms with Crippen LogP contribution in [0.15, 0.2) is 60.8 Å². The number of nitriles is 1. The number of anilines is 1. The summed E-state index contributed by atoms with van der Waals surface area (Å²) >= 11 is 0. The Morgan fingerprint density at radius 2 is 1.68 bits per heavy atom. The van der Waals surface area contributed by atoms with E-state index < -0.39 is 0 Å². The fourth-order valence-corrected chi connectivity index (χ4v) is 2.75. The lowest BCUT2D eigenvalue weighted by Gasteiger charge is -2.14. The average Bonchev–Trinajstić information content (AvgIpc) is 2.62. The summed E-state index contributed by atoms with van der Waals surface area (Å²) in [4.78, 5) is 4.20. The summed E-state index contributed by atoms with van der Waals surface area (Å²) < 4.78 is 5.70. The maximum Gasteiger partial charge on any atom is 0.141 e. The van der Waals surface area contributed by atoms with Crippen LogP contribution in [0.3, 0.4) is 0 Å². The molecule has 0 atom stereocenters. The Hall–Kier alpha value is -3.32. The summed E-state index contributed by atoms with van der Waals surface area (Å²) in [5.74, 6) is 1.03. The Morgan fingerprint density at radius 3 is 2.28 bits per heavy atom. The van der Waals surface area contributed by atoms with E-state index in [1.165, 1.54) is 0 Å². The van der Waals surface area contributed by atoms with E-state index in [0.29, 0.717) is 5.56 Å². The molecule has 2 aromatic carbocycles. The molecule has 0 aliphatic carbocycles. The van der Waals surface area contributed by atoms with Gasteiger partial charge in [0.2, 0.25) is 0 Å². The summed E-state index contributed by atoms with van der Waals surface area (Å²) in [7, 11) is 0. The third-order valence-electron chi connectivity index (χ3n) is 3.82. The number of hydrogen-bond donors (Lipinski definition) is 1. The first-order chi connectivity index (χ1) is 12.1. The van der Waals surface area contributed by atoms with Crippen molar-refractivity contribution < 1.29 is 4.74 Å². The molecule has 0 unspecified atom stereocenters. The molecular weight excluding hydrogens is 310 g/mol. The maximum atomic E-state index is 9.61. The van der Waals surface area contributed by atoms with E-state index in [1.807, 2.05) is 68.4 Å². The van der Waals surface area contributed by atoms with Crippen LogP contribution in [-0.2, 0) is 0 Å². The second-order valence-electron chi connectivity index (χ2n) is 5.98. The first-order valence-corrected chi connectivity index (χ1v) is 8.11. The van der Waals surface area contributed by atoms with Gasteiger partial charge in [-0.1, -0.05) is 42.5 Å². The Bertz CT molecular complexity index is 910. The van der Waals surface area contributed by atoms with E-state index >= 15 is 0 Å². The summed E-state index contributed by atoms with van der Waals surface area (Å²) in [5, 5.41) is 9.61. The second kappa shape index (κ2) is 7.06. The van der Waals surface area contributed by atoms with Gasteiger partial charge in [0.1, 0.15) is 23.2 Å². The van der Waals surface area contributed by atoms with Gasteiger partial charge in [0, 0.05) is 17.3 Å². The van der Waals surface area contributed by atoms with Gasteiger partial charge < -0.3 is 10.5 Å². The van der Waals surface area contributed by atoms with Crippen molar-refractivity contribution in [2.24, 2.45) is 0 Å². The van der Waals surface area contributed by atoms with E-state index in [0.717, 1.165) is 28.0 Å². The van der Waals surface area contributed by atoms with Gasteiger partial charge in [-0.25, -0.2) is 4.98 Å². The number of nitrogen functional groups attached to an aromatic ring is 1. The topological polar surface area (TPSA) is 71.9 Å². The third-order valence-corrected chi connectivity index (χ3v) is 3.82. The van der Waals surface area contributed by atoms with Gasteiger partial charge in [0.25, 0.3) is 0 Å². The molecule has 2 N–H and O–H groups in total. The zero-order valence-corrected chi connectivity index (χ0v) is 14.2. The third kappa shape index (κ3) is 3.46. The van der Waals surface area contributed by atoms with Crippen molar-refractivity contribution in [2.45, 2.75) is 20.0 Å². The van der Waals surface area contributed by atoms with Crippen LogP contribution in [0, 0.1) is 11.3 Å². The Morgan fingerprint density at radius 1 is 1.00 bits per heavy atom. The predicted molar refractivity (Wildman–Crippen MR) is 100 cm³/mol. The first kappa shape index (κ1) is 16.5. The summed E-state index contributed by atoms with van der Waals surface area (Å²) in [6, 6.07) is 19.8. The lowest BCUT2D eigenvalue weighted by atomic mass is 9.92. The van der Waals surface area contributed by atoms with E-state index in [-0.39, 0.29) is 11.9 Å². The van der Waals surface area contributed by atoms with Crippen molar-refractivity contribution in [1.82, 2.24) is 4.98 Å². The van der Waals surface area contributed by atoms with E-state index in [9.17, 15) is 5.26 Å². The van der Waals surface area contributed by atoms with Crippen molar-refractivity contribution in [3.8, 4) is 34.1 Å². The minimum absolute atomic E-state index is 0.108. The molecule has 1 heterocycles. The minimum Gasteiger partial charge on any atom is -0.491 e. The van der Waals surface area contributed by atoms with Gasteiger partial charge in [0.05, 0.1) is 6.10 Å². The van der Waals surface area contributed by atoms with Crippen LogP contribution in [0.25, 0.3) is 22.3 Å². The number of aromatic nitrogens is 1. The monoisotopic (exact) mass is 329 g/mol. The van der Waals surface area contributed by atoms with Crippen molar-refractivity contribution in [2.75, 3.05) is 5.73 Å². The van der Waals surface area contributed by atoms with Crippen LogP contribution in [-0.4, -0.2) is 11.1 Å². The van der Waals surface area contributed by atoms with Gasteiger partial charge in [-0.3, -0.25) is 0 Å². The zero-order chi connectivity index (χ0) is 17.8. The van der Waals surface area contributed by atoms with Gasteiger partial charge >= 0.3 is 0 Å². The zero-order valence-electron chi connectivity index (χ0n) is 14.2. The average molecular weight is 329 g/mol. The Labute approximate surface area is 147 Å². The SMILES string of the molecule is CC(C)Oc1ccc(-c2c(-c3ccccc3)cnc(N)c2C#N)cc1. The van der Waals surface area contributed by atoms with Gasteiger partial charge in [-0.15, -0.1) is 0 Å². The maximum absolute atomic E-state index is 9.61. The predicted octanol–water partition coefficient (Wildman–Crippen LogP) is 4.66. The lowest BCUT2D eigenvalue weighted by Crippen LogP contribution is -2.05. The highest BCUT2D eigenvalue weighted by atomic mass is 16.5. The fraction of sp³-hybridized carbons (Fsp3) is 0.143.